The predicted molar refractivity (Wildman–Crippen MR) is 77.3 cm³/mol. The third-order valence-corrected chi connectivity index (χ3v) is 3.45. The van der Waals surface area contributed by atoms with Gasteiger partial charge in [0.05, 0.1) is 12.2 Å². The monoisotopic (exact) mass is 262 g/mol. The molecule has 0 saturated carbocycles. The van der Waals surface area contributed by atoms with Crippen molar-refractivity contribution in [3.05, 3.63) is 23.8 Å². The summed E-state index contributed by atoms with van der Waals surface area (Å²) in [4.78, 5) is 15.4. The van der Waals surface area contributed by atoms with Crippen LogP contribution in [0.25, 0.3) is 0 Å². The van der Waals surface area contributed by atoms with E-state index in [-0.39, 0.29) is 6.10 Å². The van der Waals surface area contributed by atoms with Crippen LogP contribution in [0.5, 0.6) is 5.75 Å². The number of fused-ring (bicyclic) bond motifs is 1. The van der Waals surface area contributed by atoms with Crippen molar-refractivity contribution in [2.75, 3.05) is 38.6 Å². The van der Waals surface area contributed by atoms with Crippen molar-refractivity contribution in [1.82, 2.24) is 4.90 Å². The van der Waals surface area contributed by atoms with E-state index in [1.807, 2.05) is 18.2 Å². The Bertz CT molecular complexity index is 446. The zero-order chi connectivity index (χ0) is 13.8. The topological polar surface area (TPSA) is 32.8 Å². The molecule has 19 heavy (non-hydrogen) atoms. The summed E-state index contributed by atoms with van der Waals surface area (Å²) in [5.41, 5.74) is 1.74. The van der Waals surface area contributed by atoms with E-state index < -0.39 is 0 Å². The molecule has 0 saturated heterocycles. The zero-order valence-electron chi connectivity index (χ0n) is 11.9. The summed E-state index contributed by atoms with van der Waals surface area (Å²) in [6.45, 7) is 4.96. The summed E-state index contributed by atoms with van der Waals surface area (Å²) in [6.07, 6.45) is 2.11. The van der Waals surface area contributed by atoms with E-state index in [1.165, 1.54) is 0 Å². The highest BCUT2D eigenvalue weighted by molar-refractivity contribution is 5.79. The maximum atomic E-state index is 10.9. The number of hydrogen-bond acceptors (Lipinski definition) is 4. The zero-order valence-corrected chi connectivity index (χ0v) is 11.9. The number of ether oxygens (including phenoxy) is 1. The van der Waals surface area contributed by atoms with E-state index in [9.17, 15) is 4.79 Å². The van der Waals surface area contributed by atoms with Gasteiger partial charge in [0.15, 0.2) is 0 Å². The molecule has 2 rings (SSSR count). The molecule has 0 N–H and O–H groups in total. The molecule has 0 aliphatic carbocycles. The van der Waals surface area contributed by atoms with Crippen molar-refractivity contribution < 1.29 is 9.53 Å². The fourth-order valence-electron chi connectivity index (χ4n) is 2.26. The van der Waals surface area contributed by atoms with Gasteiger partial charge in [0.25, 0.3) is 0 Å². The van der Waals surface area contributed by atoms with Crippen molar-refractivity contribution in [2.45, 2.75) is 19.4 Å². The Morgan fingerprint density at radius 2 is 2.26 bits per heavy atom. The second-order valence-electron chi connectivity index (χ2n) is 5.24. The van der Waals surface area contributed by atoms with Crippen molar-refractivity contribution in [2.24, 2.45) is 0 Å². The first kappa shape index (κ1) is 13.9. The third kappa shape index (κ3) is 3.26. The number of carbonyl (C=O) groups excluding carboxylic acids is 1. The smallest absolute Gasteiger partial charge is 0.150 e. The molecule has 1 aliphatic heterocycles. The van der Waals surface area contributed by atoms with Crippen LogP contribution >= 0.6 is 0 Å². The molecule has 0 bridgehead atoms. The van der Waals surface area contributed by atoms with Crippen molar-refractivity contribution in [3.63, 3.8) is 0 Å². The van der Waals surface area contributed by atoms with Crippen LogP contribution in [0, 0.1) is 0 Å². The second-order valence-corrected chi connectivity index (χ2v) is 5.24. The van der Waals surface area contributed by atoms with E-state index >= 15 is 0 Å². The van der Waals surface area contributed by atoms with Gasteiger partial charge in [-0.15, -0.1) is 0 Å². The summed E-state index contributed by atoms with van der Waals surface area (Å²) in [6, 6.07) is 5.64. The molecule has 1 heterocycles. The number of rotatable bonds is 5. The Morgan fingerprint density at radius 3 is 2.89 bits per heavy atom. The van der Waals surface area contributed by atoms with Gasteiger partial charge in [-0.05, 0) is 38.7 Å². The van der Waals surface area contributed by atoms with Crippen LogP contribution in [-0.4, -0.2) is 51.0 Å². The van der Waals surface area contributed by atoms with E-state index in [2.05, 4.69) is 30.8 Å². The molecular weight excluding hydrogens is 240 g/mol. The van der Waals surface area contributed by atoms with Crippen LogP contribution < -0.4 is 9.64 Å². The van der Waals surface area contributed by atoms with E-state index in [4.69, 9.17) is 4.74 Å². The minimum Gasteiger partial charge on any atom is -0.486 e. The van der Waals surface area contributed by atoms with E-state index in [1.54, 1.807) is 0 Å². The largest absolute Gasteiger partial charge is 0.486 e. The van der Waals surface area contributed by atoms with Gasteiger partial charge in [0.1, 0.15) is 18.1 Å². The Kier molecular flexibility index (Phi) is 4.43. The molecule has 1 aromatic rings. The van der Waals surface area contributed by atoms with Crippen LogP contribution in [-0.2, 0) is 0 Å². The van der Waals surface area contributed by atoms with Crippen LogP contribution in [0.1, 0.15) is 23.7 Å². The van der Waals surface area contributed by atoms with Gasteiger partial charge in [-0.3, -0.25) is 4.79 Å². The molecule has 0 amide bonds. The first-order chi connectivity index (χ1) is 9.13. The number of hydrogen-bond donors (Lipinski definition) is 0. The normalized spacial score (nSPS) is 18.1. The van der Waals surface area contributed by atoms with Crippen LogP contribution in [0.15, 0.2) is 18.2 Å². The van der Waals surface area contributed by atoms with E-state index in [0.29, 0.717) is 5.56 Å². The molecular formula is C15H22N2O2. The molecule has 1 unspecified atom stereocenters. The number of likely N-dealkylation sites (N-methyl/N-ethyl adjacent to an activating group) is 1. The molecule has 1 atom stereocenters. The molecule has 104 valence electrons. The van der Waals surface area contributed by atoms with Crippen molar-refractivity contribution in [3.8, 4) is 5.75 Å². The lowest BCUT2D eigenvalue weighted by molar-refractivity contribution is 0.112. The number of aldehydes is 1. The minimum absolute atomic E-state index is 0.233. The predicted octanol–water partition coefficient (Wildman–Crippen LogP) is 2.04. The highest BCUT2D eigenvalue weighted by atomic mass is 16.5. The average Bonchev–Trinajstić information content (AvgIpc) is 2.43. The van der Waals surface area contributed by atoms with Gasteiger partial charge in [-0.2, -0.15) is 0 Å². The molecule has 0 spiro atoms. The third-order valence-electron chi connectivity index (χ3n) is 3.45. The Morgan fingerprint density at radius 1 is 1.47 bits per heavy atom. The number of carbonyl (C=O) groups is 1. The average molecular weight is 262 g/mol. The second kappa shape index (κ2) is 6.06. The fourth-order valence-corrected chi connectivity index (χ4v) is 2.26. The van der Waals surface area contributed by atoms with E-state index in [0.717, 1.165) is 43.8 Å². The molecule has 1 aromatic carbocycles. The summed E-state index contributed by atoms with van der Waals surface area (Å²) < 4.78 is 5.95. The lowest BCUT2D eigenvalue weighted by Gasteiger charge is -2.36. The Balaban J connectivity index is 2.25. The number of anilines is 1. The van der Waals surface area contributed by atoms with Crippen LogP contribution in [0.3, 0.4) is 0 Å². The molecule has 4 heteroatoms. The fraction of sp³-hybridized carbons (Fsp3) is 0.533. The van der Waals surface area contributed by atoms with Crippen molar-refractivity contribution in [1.29, 1.82) is 0 Å². The van der Waals surface area contributed by atoms with Gasteiger partial charge in [-0.1, -0.05) is 6.92 Å². The first-order valence-electron chi connectivity index (χ1n) is 6.79. The summed E-state index contributed by atoms with van der Waals surface area (Å²) in [7, 11) is 4.14. The molecule has 0 radical (unpaired) electrons. The molecule has 4 nitrogen and oxygen atoms in total. The Labute approximate surface area is 115 Å². The standard InChI is InChI=1S/C15H22N2O2/c1-4-13-10-17(8-7-16(2)3)14-9-12(11-18)5-6-15(14)19-13/h5-6,9,11,13H,4,7-8,10H2,1-3H3. The van der Waals surface area contributed by atoms with Gasteiger partial charge in [0.2, 0.25) is 0 Å². The minimum atomic E-state index is 0.233. The Hall–Kier alpha value is -1.55. The number of benzene rings is 1. The quantitative estimate of drug-likeness (QED) is 0.760. The maximum Gasteiger partial charge on any atom is 0.150 e. The number of nitrogens with zero attached hydrogens (tertiary/aromatic N) is 2. The highest BCUT2D eigenvalue weighted by Crippen LogP contribution is 2.34. The highest BCUT2D eigenvalue weighted by Gasteiger charge is 2.24. The SMILES string of the molecule is CCC1CN(CCN(C)C)c2cc(C=O)ccc2O1. The van der Waals surface area contributed by atoms with Gasteiger partial charge < -0.3 is 14.5 Å². The van der Waals surface area contributed by atoms with Crippen LogP contribution in [0.2, 0.25) is 0 Å². The van der Waals surface area contributed by atoms with Gasteiger partial charge in [-0.25, -0.2) is 0 Å². The van der Waals surface area contributed by atoms with Gasteiger partial charge >= 0.3 is 0 Å². The summed E-state index contributed by atoms with van der Waals surface area (Å²) in [5.74, 6) is 0.891. The maximum absolute atomic E-state index is 10.9. The van der Waals surface area contributed by atoms with Gasteiger partial charge in [0, 0.05) is 18.7 Å². The van der Waals surface area contributed by atoms with Crippen LogP contribution in [0.4, 0.5) is 5.69 Å². The summed E-state index contributed by atoms with van der Waals surface area (Å²) in [5, 5.41) is 0. The molecule has 0 aromatic heterocycles. The first-order valence-corrected chi connectivity index (χ1v) is 6.79. The van der Waals surface area contributed by atoms with Crippen molar-refractivity contribution >= 4 is 12.0 Å². The lowest BCUT2D eigenvalue weighted by Crippen LogP contribution is -2.42. The summed E-state index contributed by atoms with van der Waals surface area (Å²) >= 11 is 0. The molecule has 1 aliphatic rings. The lowest BCUT2D eigenvalue weighted by atomic mass is 10.1. The molecule has 0 fully saturated rings.